The largest absolute Gasteiger partial charge is 0.448 e. The van der Waals surface area contributed by atoms with E-state index in [-0.39, 0.29) is 10.3 Å². The van der Waals surface area contributed by atoms with Gasteiger partial charge in [0.05, 0.1) is 6.54 Å². The van der Waals surface area contributed by atoms with Crippen LogP contribution in [-0.2, 0) is 21.3 Å². The first kappa shape index (κ1) is 15.8. The van der Waals surface area contributed by atoms with E-state index in [1.807, 2.05) is 13.0 Å². The summed E-state index contributed by atoms with van der Waals surface area (Å²) in [7, 11) is -3.58. The molecule has 1 saturated heterocycles. The number of hydrogen-bond acceptors (Lipinski definition) is 5. The first-order valence-corrected chi connectivity index (χ1v) is 9.34. The number of cyclic esters (lactones) is 1. The number of carbonyl (C=O) groups excluding carboxylic acids is 1. The van der Waals surface area contributed by atoms with Crippen LogP contribution in [0.4, 0.5) is 10.5 Å². The van der Waals surface area contributed by atoms with Gasteiger partial charge in [-0.1, -0.05) is 12.1 Å². The van der Waals surface area contributed by atoms with Gasteiger partial charge in [0.15, 0.2) is 0 Å². The second-order valence-corrected chi connectivity index (χ2v) is 8.40. The monoisotopic (exact) mass is 352 g/mol. The Hall–Kier alpha value is -2.06. The van der Waals surface area contributed by atoms with Gasteiger partial charge in [0.25, 0.3) is 10.0 Å². The fraction of sp³-hybridized carbons (Fsp3) is 0.267. The van der Waals surface area contributed by atoms with Gasteiger partial charge in [-0.05, 0) is 36.8 Å². The molecule has 3 rings (SSSR count). The van der Waals surface area contributed by atoms with Crippen molar-refractivity contribution in [2.75, 3.05) is 17.9 Å². The van der Waals surface area contributed by atoms with Gasteiger partial charge < -0.3 is 9.64 Å². The van der Waals surface area contributed by atoms with E-state index >= 15 is 0 Å². The van der Waals surface area contributed by atoms with Gasteiger partial charge in [-0.15, -0.1) is 11.3 Å². The summed E-state index contributed by atoms with van der Waals surface area (Å²) in [5.41, 5.74) is 1.31. The summed E-state index contributed by atoms with van der Waals surface area (Å²) in [4.78, 5) is 14.0. The van der Waals surface area contributed by atoms with Crippen LogP contribution in [0.3, 0.4) is 0 Å². The molecule has 1 aliphatic heterocycles. The molecule has 0 spiro atoms. The molecule has 2 heterocycles. The third-order valence-electron chi connectivity index (χ3n) is 3.38. The van der Waals surface area contributed by atoms with Gasteiger partial charge in [-0.25, -0.2) is 13.2 Å². The Labute approximate surface area is 138 Å². The molecule has 0 atom stereocenters. The summed E-state index contributed by atoms with van der Waals surface area (Å²) in [6.07, 6.45) is -0.343. The number of nitrogens with one attached hydrogen (secondary N) is 1. The SMILES string of the molecule is Cc1ccc(S(=O)(=O)Nc2cccc(CN3CCOC3=O)c2)s1. The average molecular weight is 352 g/mol. The molecular weight excluding hydrogens is 336 g/mol. The maximum absolute atomic E-state index is 12.3. The summed E-state index contributed by atoms with van der Waals surface area (Å²) in [6, 6.07) is 10.4. The maximum atomic E-state index is 12.3. The molecule has 8 heteroatoms. The van der Waals surface area contributed by atoms with Crippen molar-refractivity contribution in [2.24, 2.45) is 0 Å². The highest BCUT2D eigenvalue weighted by atomic mass is 32.2. The lowest BCUT2D eigenvalue weighted by Crippen LogP contribution is -2.23. The van der Waals surface area contributed by atoms with Crippen LogP contribution in [0.1, 0.15) is 10.4 Å². The summed E-state index contributed by atoms with van der Waals surface area (Å²) in [6.45, 7) is 3.19. The molecule has 0 aliphatic carbocycles. The summed E-state index contributed by atoms with van der Waals surface area (Å²) >= 11 is 1.22. The molecule has 0 unspecified atom stereocenters. The van der Waals surface area contributed by atoms with E-state index in [4.69, 9.17) is 4.74 Å². The molecule has 0 radical (unpaired) electrons. The molecule has 1 amide bonds. The number of hydrogen-bond donors (Lipinski definition) is 1. The normalized spacial score (nSPS) is 14.8. The zero-order chi connectivity index (χ0) is 16.4. The second kappa shape index (κ2) is 6.21. The van der Waals surface area contributed by atoms with E-state index in [0.29, 0.717) is 25.4 Å². The Kier molecular flexibility index (Phi) is 4.27. The van der Waals surface area contributed by atoms with E-state index < -0.39 is 10.0 Å². The third-order valence-corrected chi connectivity index (χ3v) is 6.25. The molecule has 6 nitrogen and oxygen atoms in total. The van der Waals surface area contributed by atoms with Crippen molar-refractivity contribution in [1.82, 2.24) is 4.90 Å². The number of thiophene rings is 1. The average Bonchev–Trinajstić information content (AvgIpc) is 3.09. The zero-order valence-corrected chi connectivity index (χ0v) is 14.1. The number of rotatable bonds is 5. The minimum Gasteiger partial charge on any atom is -0.448 e. The number of amides is 1. The van der Waals surface area contributed by atoms with Crippen LogP contribution in [0.15, 0.2) is 40.6 Å². The van der Waals surface area contributed by atoms with Crippen LogP contribution in [0, 0.1) is 6.92 Å². The predicted molar refractivity (Wildman–Crippen MR) is 88.1 cm³/mol. The Balaban J connectivity index is 1.76. The quantitative estimate of drug-likeness (QED) is 0.898. The summed E-state index contributed by atoms with van der Waals surface area (Å²) in [5.74, 6) is 0. The fourth-order valence-electron chi connectivity index (χ4n) is 2.28. The van der Waals surface area contributed by atoms with Crippen molar-refractivity contribution >= 4 is 33.1 Å². The molecule has 122 valence electrons. The van der Waals surface area contributed by atoms with Crippen molar-refractivity contribution < 1.29 is 17.9 Å². The minimum absolute atomic E-state index is 0.281. The van der Waals surface area contributed by atoms with E-state index in [1.54, 1.807) is 35.2 Å². The second-order valence-electron chi connectivity index (χ2n) is 5.21. The maximum Gasteiger partial charge on any atom is 0.410 e. The standard InChI is InChI=1S/C15H16N2O4S2/c1-11-5-6-14(22-11)23(19,20)16-13-4-2-3-12(9-13)10-17-7-8-21-15(17)18/h2-6,9,16H,7-8,10H2,1H3. The number of aryl methyl sites for hydroxylation is 1. The van der Waals surface area contributed by atoms with Gasteiger partial charge >= 0.3 is 6.09 Å². The molecule has 0 saturated carbocycles. The van der Waals surface area contributed by atoms with Crippen molar-refractivity contribution in [2.45, 2.75) is 17.7 Å². The number of benzene rings is 1. The van der Waals surface area contributed by atoms with E-state index in [9.17, 15) is 13.2 Å². The van der Waals surface area contributed by atoms with Crippen LogP contribution in [0.25, 0.3) is 0 Å². The number of nitrogens with zero attached hydrogens (tertiary/aromatic N) is 1. The smallest absolute Gasteiger partial charge is 0.410 e. The molecule has 1 aromatic heterocycles. The number of ether oxygens (including phenoxy) is 1. The first-order chi connectivity index (χ1) is 10.9. The lowest BCUT2D eigenvalue weighted by molar-refractivity contribution is 0.157. The highest BCUT2D eigenvalue weighted by molar-refractivity contribution is 7.94. The Morgan fingerprint density at radius 2 is 2.13 bits per heavy atom. The van der Waals surface area contributed by atoms with E-state index in [2.05, 4.69) is 4.72 Å². The van der Waals surface area contributed by atoms with Gasteiger partial charge in [0, 0.05) is 17.1 Å². The zero-order valence-electron chi connectivity index (χ0n) is 12.5. The van der Waals surface area contributed by atoms with Crippen LogP contribution in [0.5, 0.6) is 0 Å². The molecule has 2 aromatic rings. The molecule has 1 aromatic carbocycles. The van der Waals surface area contributed by atoms with Crippen LogP contribution in [0.2, 0.25) is 0 Å². The number of carbonyl (C=O) groups is 1. The fourth-order valence-corrected chi connectivity index (χ4v) is 4.62. The van der Waals surface area contributed by atoms with E-state index in [1.165, 1.54) is 11.3 Å². The summed E-state index contributed by atoms with van der Waals surface area (Å²) in [5, 5.41) is 0. The van der Waals surface area contributed by atoms with Gasteiger partial charge in [-0.3, -0.25) is 4.72 Å². The number of anilines is 1. The first-order valence-electron chi connectivity index (χ1n) is 7.04. The molecule has 1 aliphatic rings. The van der Waals surface area contributed by atoms with Crippen LogP contribution in [-0.4, -0.2) is 32.6 Å². The van der Waals surface area contributed by atoms with Gasteiger partial charge in [-0.2, -0.15) is 0 Å². The molecule has 1 fully saturated rings. The highest BCUT2D eigenvalue weighted by Crippen LogP contribution is 2.24. The topological polar surface area (TPSA) is 75.7 Å². The van der Waals surface area contributed by atoms with Crippen molar-refractivity contribution in [3.63, 3.8) is 0 Å². The summed E-state index contributed by atoms with van der Waals surface area (Å²) < 4.78 is 32.4. The Bertz CT molecular complexity index is 830. The van der Waals surface area contributed by atoms with Crippen LogP contribution >= 0.6 is 11.3 Å². The van der Waals surface area contributed by atoms with Crippen molar-refractivity contribution in [3.05, 3.63) is 46.8 Å². The van der Waals surface area contributed by atoms with Crippen molar-refractivity contribution in [1.29, 1.82) is 0 Å². The van der Waals surface area contributed by atoms with E-state index in [0.717, 1.165) is 10.4 Å². The molecule has 0 bridgehead atoms. The number of sulfonamides is 1. The minimum atomic E-state index is -3.58. The lowest BCUT2D eigenvalue weighted by Gasteiger charge is -2.13. The Morgan fingerprint density at radius 1 is 1.30 bits per heavy atom. The van der Waals surface area contributed by atoms with Gasteiger partial charge in [0.2, 0.25) is 0 Å². The predicted octanol–water partition coefficient (Wildman–Crippen LogP) is 2.81. The highest BCUT2D eigenvalue weighted by Gasteiger charge is 2.22. The lowest BCUT2D eigenvalue weighted by atomic mass is 10.2. The Morgan fingerprint density at radius 3 is 2.78 bits per heavy atom. The molecule has 1 N–H and O–H groups in total. The van der Waals surface area contributed by atoms with Crippen molar-refractivity contribution in [3.8, 4) is 0 Å². The van der Waals surface area contributed by atoms with Gasteiger partial charge in [0.1, 0.15) is 10.8 Å². The molecular formula is C15H16N2O4S2. The molecule has 23 heavy (non-hydrogen) atoms. The third kappa shape index (κ3) is 3.65. The van der Waals surface area contributed by atoms with Crippen LogP contribution < -0.4 is 4.72 Å².